The van der Waals surface area contributed by atoms with Gasteiger partial charge in [0, 0.05) is 109 Å². The van der Waals surface area contributed by atoms with Gasteiger partial charge in [0.05, 0.1) is 25.8 Å². The Kier molecular flexibility index (Phi) is 35.5. The van der Waals surface area contributed by atoms with E-state index in [9.17, 15) is 24.0 Å². The molecule has 0 saturated heterocycles. The SMILES string of the molecule is CC([S-])=C([S-])C#N.CN1C(=O)C([S-])=C([S-])C1=O.CN1C(=O)C([S-])=C([S-])C1=O.[C-]#[N+]/C(C)=C1\C(=C\c2ccc(C([S-])=C([S-])c3cccs3)s2)C(=O)c2ccccc21.[C-]#[N+]C([S-])=C([S-])[N+]#[C-].[Ni].[Ni].[Ni].[S-]C(=C([S-])c1cccs1)c1cccs1. The van der Waals surface area contributed by atoms with E-state index in [0.717, 1.165) is 49.6 Å². The Morgan fingerprint density at radius 1 is 0.531 bits per heavy atom. The van der Waals surface area contributed by atoms with Crippen LogP contribution in [0.5, 0.6) is 0 Å². The number of rotatable bonds is 5. The van der Waals surface area contributed by atoms with Crippen molar-refractivity contribution in [3.05, 3.63) is 209 Å². The van der Waals surface area contributed by atoms with Crippen LogP contribution in [0.15, 0.2) is 140 Å². The van der Waals surface area contributed by atoms with Crippen LogP contribution in [0.2, 0.25) is 0 Å². The number of hydrogen-bond acceptors (Lipinski definition) is 22. The second-order valence-corrected chi connectivity index (χ2v) is 23.5. The molecule has 0 fully saturated rings. The van der Waals surface area contributed by atoms with Gasteiger partial charge in [0.25, 0.3) is 0 Å². The van der Waals surface area contributed by atoms with Gasteiger partial charge in [0.15, 0.2) is 11.5 Å². The molecule has 0 spiro atoms. The molecule has 11 nitrogen and oxygen atoms in total. The summed E-state index contributed by atoms with van der Waals surface area (Å²) in [7, 11) is 2.71. The maximum absolute atomic E-state index is 13.0. The van der Waals surface area contributed by atoms with E-state index in [4.69, 9.17) is 75.5 Å². The Bertz CT molecular complexity index is 3420. The number of hydrogen-bond donors (Lipinski definition) is 0. The molecule has 2 aliphatic heterocycles. The number of benzene rings is 1. The molecule has 1 aliphatic carbocycles. The van der Waals surface area contributed by atoms with Crippen molar-refractivity contribution in [1.29, 1.82) is 5.26 Å². The van der Waals surface area contributed by atoms with Crippen LogP contribution in [-0.2, 0) is 220 Å². The maximum Gasteiger partial charge on any atom is 0.232 e. The number of carbonyl (C=O) groups excluding carboxylic acids is 5. The summed E-state index contributed by atoms with van der Waals surface area (Å²) in [6.45, 7) is 23.4. The molecule has 4 aromatic heterocycles. The fourth-order valence-corrected chi connectivity index (χ4v) is 11.1. The van der Waals surface area contributed by atoms with Crippen LogP contribution in [0.3, 0.4) is 0 Å². The van der Waals surface area contributed by atoms with Crippen LogP contribution in [0.25, 0.3) is 45.8 Å². The molecule has 81 heavy (non-hydrogen) atoms. The molecule has 0 bridgehead atoms. The van der Waals surface area contributed by atoms with Gasteiger partial charge < -0.3 is 152 Å². The zero-order valence-electron chi connectivity index (χ0n) is 40.9. The van der Waals surface area contributed by atoms with Crippen molar-refractivity contribution in [2.24, 2.45) is 0 Å². The Morgan fingerprint density at radius 2 is 0.889 bits per heavy atom. The van der Waals surface area contributed by atoms with Crippen molar-refractivity contribution in [3.63, 3.8) is 0 Å². The topological polar surface area (TPSA) is 129 Å². The van der Waals surface area contributed by atoms with Crippen LogP contribution < -0.4 is 0 Å². The van der Waals surface area contributed by atoms with E-state index in [-0.39, 0.29) is 89.8 Å². The van der Waals surface area contributed by atoms with Crippen LogP contribution in [-0.4, -0.2) is 53.3 Å². The molecule has 0 unspecified atom stereocenters. The average molecular weight is 1490 g/mol. The van der Waals surface area contributed by atoms with E-state index in [1.54, 1.807) is 53.9 Å². The van der Waals surface area contributed by atoms with Crippen LogP contribution in [0, 0.1) is 31.0 Å². The molecule has 0 radical (unpaired) electrons. The van der Waals surface area contributed by atoms with Crippen LogP contribution in [0.4, 0.5) is 0 Å². The monoisotopic (exact) mass is 1490 g/mol. The quantitative estimate of drug-likeness (QED) is 0.0413. The van der Waals surface area contributed by atoms with Gasteiger partial charge in [-0.1, -0.05) is 49.4 Å². The predicted octanol–water partition coefficient (Wildman–Crippen LogP) is 10.8. The summed E-state index contributed by atoms with van der Waals surface area (Å²) < 4.78 is 0. The van der Waals surface area contributed by atoms with Crippen molar-refractivity contribution < 1.29 is 73.4 Å². The van der Waals surface area contributed by atoms with Crippen LogP contribution >= 0.6 is 45.3 Å². The number of carbonyl (C=O) groups is 5. The number of imide groups is 2. The van der Waals surface area contributed by atoms with E-state index in [0.29, 0.717) is 37.1 Å². The third kappa shape index (κ3) is 20.9. The zero-order valence-corrected chi connectivity index (χ0v) is 57.0. The first-order chi connectivity index (χ1) is 36.8. The van der Waals surface area contributed by atoms with Gasteiger partial charge in [-0.25, -0.2) is 9.75 Å². The summed E-state index contributed by atoms with van der Waals surface area (Å²) in [4.78, 5) is 75.6. The molecule has 430 valence electrons. The van der Waals surface area contributed by atoms with Crippen molar-refractivity contribution in [2.45, 2.75) is 13.8 Å². The minimum absolute atomic E-state index is 0. The fourth-order valence-electron chi connectivity index (χ4n) is 5.61. The van der Waals surface area contributed by atoms with E-state index >= 15 is 0 Å². The molecule has 6 heterocycles. The number of allylic oxidation sites excluding steroid dienone is 5. The van der Waals surface area contributed by atoms with Gasteiger partial charge in [-0.2, -0.15) is 24.9 Å². The average Bonchev–Trinajstić information content (AvgIpc) is 4.39. The van der Waals surface area contributed by atoms with Crippen molar-refractivity contribution in [1.82, 2.24) is 9.80 Å². The number of thiophene rings is 4. The zero-order chi connectivity index (χ0) is 58.7. The molecule has 1 aromatic carbocycles. The molecule has 5 aromatic rings. The van der Waals surface area contributed by atoms with Crippen molar-refractivity contribution in [2.75, 3.05) is 14.1 Å². The molecule has 4 amide bonds. The summed E-state index contributed by atoms with van der Waals surface area (Å²) >= 11 is 64.1. The van der Waals surface area contributed by atoms with Gasteiger partial charge in [-0.05, 0) is 70.6 Å². The largest absolute Gasteiger partial charge is 0.826 e. The Morgan fingerprint density at radius 3 is 1.16 bits per heavy atom. The van der Waals surface area contributed by atoms with E-state index < -0.39 is 23.6 Å². The minimum Gasteiger partial charge on any atom is -0.826 e. The summed E-state index contributed by atoms with van der Waals surface area (Å²) in [6, 6.07) is 25.0. The first-order valence-corrected chi connectivity index (χ1v) is 29.1. The van der Waals surface area contributed by atoms with Gasteiger partial charge >= 0.3 is 0 Å². The first kappa shape index (κ1) is 77.0. The Hall–Kier alpha value is -4.03. The van der Waals surface area contributed by atoms with E-state index in [1.807, 2.05) is 95.0 Å². The smallest absolute Gasteiger partial charge is 0.232 e. The van der Waals surface area contributed by atoms with Crippen LogP contribution in [0.1, 0.15) is 54.2 Å². The molecule has 30 heteroatoms. The molecular formula is C51H28N6Ni3O5S16-12. The Balaban J connectivity index is 0.00000104. The first-order valence-electron chi connectivity index (χ1n) is 20.7. The summed E-state index contributed by atoms with van der Waals surface area (Å²) in [5, 5.41) is 13.8. The number of fused-ring (bicyclic) bond motifs is 1. The normalized spacial score (nSPS) is 15.1. The summed E-state index contributed by atoms with van der Waals surface area (Å²) in [5.41, 5.74) is 3.25. The second-order valence-electron chi connectivity index (χ2n) is 14.4. The molecule has 0 atom stereocenters. The van der Waals surface area contributed by atoms with E-state index in [2.05, 4.69) is 116 Å². The van der Waals surface area contributed by atoms with Gasteiger partial charge in [0.1, 0.15) is 0 Å². The summed E-state index contributed by atoms with van der Waals surface area (Å²) in [6.07, 6.45) is 1.86. The Labute approximate surface area is 582 Å². The number of ketones is 1. The summed E-state index contributed by atoms with van der Waals surface area (Å²) in [5.74, 6) is -1.92. The fraction of sp³-hybridized carbons (Fsp3) is 0.0784. The van der Waals surface area contributed by atoms with Crippen molar-refractivity contribution >= 4 is 258 Å². The number of Topliss-reactive ketones (excluding diaryl/α,β-unsaturated/α-hetero) is 1. The van der Waals surface area contributed by atoms with E-state index in [1.165, 1.54) is 25.4 Å². The van der Waals surface area contributed by atoms with Gasteiger partial charge in [-0.15, -0.1) is 69.9 Å². The number of amides is 4. The van der Waals surface area contributed by atoms with Gasteiger partial charge in [-0.3, -0.25) is 43.5 Å². The standard InChI is InChI=1S/C23H15NOS4.C10H8S4.2C5H5NO2S2.C4H2N2S2.C4H5NS2.3Ni/c1-13(24-2)20-15-6-3-4-7-16(15)21(25)17(20)12-14-9-10-19(29-14)23(27)22(26)18-8-5-11-28-18;11-9(7-3-1-5-13-7)10(12)8-4-2-6-14-8;2*1-6-4(7)2(9)3(10)5(6)8;1-5-3(7)4(8)6-2;1-3(6)4(7)2-5;;;/h3-12,26-27H,1H3;1-6,11-12H;2*9-10H,1H3;7-8H;6-7H,1H3;;;/p-12/b17-12-,20-13-,23-22?;;;;;;;;. The molecule has 0 saturated carbocycles. The molecule has 8 rings (SSSR count). The third-order valence-electron chi connectivity index (χ3n) is 9.48. The predicted molar refractivity (Wildman–Crippen MR) is 345 cm³/mol. The minimum atomic E-state index is -0.468. The number of nitriles is 1. The molecule has 0 N–H and O–H groups in total. The second kappa shape index (κ2) is 37.3. The number of nitrogens with zero attached hydrogens (tertiary/aromatic N) is 6. The van der Waals surface area contributed by atoms with Crippen molar-refractivity contribution in [3.8, 4) is 6.07 Å². The van der Waals surface area contributed by atoms with Gasteiger partial charge in [0.2, 0.25) is 23.6 Å². The number of likely N-dealkylation sites (N-methyl/N-ethyl adjacent to an activating group) is 2. The maximum atomic E-state index is 13.0. The third-order valence-corrected chi connectivity index (χ3v) is 18.9. The molecular weight excluding hydrogens is 1470 g/mol. The molecule has 3 aliphatic rings.